The van der Waals surface area contributed by atoms with Crippen LogP contribution in [0.4, 0.5) is 10.1 Å². The second kappa shape index (κ2) is 5.78. The molecule has 0 unspecified atom stereocenters. The Morgan fingerprint density at radius 1 is 1.00 bits per heavy atom. The Morgan fingerprint density at radius 2 is 1.83 bits per heavy atom. The van der Waals surface area contributed by atoms with Gasteiger partial charge in [-0.2, -0.15) is 0 Å². The van der Waals surface area contributed by atoms with Crippen LogP contribution in [0.25, 0.3) is 0 Å². The van der Waals surface area contributed by atoms with E-state index in [9.17, 15) is 9.18 Å². The third-order valence-electron chi connectivity index (χ3n) is 4.81. The molecular weight excluding hydrogens is 291 g/mol. The first-order valence-corrected chi connectivity index (χ1v) is 8.08. The van der Waals surface area contributed by atoms with Gasteiger partial charge in [0, 0.05) is 25.3 Å². The van der Waals surface area contributed by atoms with E-state index in [1.165, 1.54) is 17.2 Å². The number of amides is 1. The topological polar surface area (TPSA) is 23.6 Å². The van der Waals surface area contributed by atoms with Gasteiger partial charge in [0.05, 0.1) is 6.54 Å². The van der Waals surface area contributed by atoms with Crippen LogP contribution in [0.15, 0.2) is 42.5 Å². The molecule has 0 spiro atoms. The molecule has 0 aromatic heterocycles. The van der Waals surface area contributed by atoms with Crippen molar-refractivity contribution >= 4 is 11.6 Å². The van der Waals surface area contributed by atoms with E-state index in [1.807, 2.05) is 29.2 Å². The van der Waals surface area contributed by atoms with Crippen molar-refractivity contribution in [3.63, 3.8) is 0 Å². The van der Waals surface area contributed by atoms with Crippen LogP contribution in [0.1, 0.15) is 16.7 Å². The molecular formula is C19H19FN2O. The van der Waals surface area contributed by atoms with Gasteiger partial charge in [-0.05, 0) is 47.7 Å². The molecule has 2 aliphatic rings. The number of carbonyl (C=O) groups is 1. The fraction of sp³-hybridized carbons (Fsp3) is 0.316. The van der Waals surface area contributed by atoms with Crippen LogP contribution < -0.4 is 4.90 Å². The van der Waals surface area contributed by atoms with Gasteiger partial charge in [-0.15, -0.1) is 0 Å². The van der Waals surface area contributed by atoms with Gasteiger partial charge in [0.15, 0.2) is 0 Å². The lowest BCUT2D eigenvalue weighted by Crippen LogP contribution is -2.41. The fourth-order valence-corrected chi connectivity index (χ4v) is 3.59. The third kappa shape index (κ3) is 2.75. The van der Waals surface area contributed by atoms with E-state index in [0.717, 1.165) is 37.2 Å². The van der Waals surface area contributed by atoms with Crippen molar-refractivity contribution in [1.29, 1.82) is 0 Å². The number of fused-ring (bicyclic) bond motifs is 2. The third-order valence-corrected chi connectivity index (χ3v) is 4.81. The van der Waals surface area contributed by atoms with E-state index in [0.29, 0.717) is 13.1 Å². The van der Waals surface area contributed by atoms with E-state index in [1.54, 1.807) is 6.07 Å². The van der Waals surface area contributed by atoms with Crippen molar-refractivity contribution in [1.82, 2.24) is 4.90 Å². The molecule has 0 atom stereocenters. The second-order valence-electron chi connectivity index (χ2n) is 6.30. The fourth-order valence-electron chi connectivity index (χ4n) is 3.59. The minimum absolute atomic E-state index is 0.134. The van der Waals surface area contributed by atoms with Gasteiger partial charge in [-0.3, -0.25) is 9.69 Å². The summed E-state index contributed by atoms with van der Waals surface area (Å²) in [5.41, 5.74) is 4.49. The molecule has 0 saturated carbocycles. The van der Waals surface area contributed by atoms with Gasteiger partial charge in [-0.1, -0.05) is 24.3 Å². The smallest absolute Gasteiger partial charge is 0.241 e. The Balaban J connectivity index is 1.46. The molecule has 0 bridgehead atoms. The van der Waals surface area contributed by atoms with Crippen LogP contribution in [0.5, 0.6) is 0 Å². The van der Waals surface area contributed by atoms with Crippen LogP contribution in [0, 0.1) is 5.82 Å². The molecule has 0 radical (unpaired) electrons. The maximum Gasteiger partial charge on any atom is 0.241 e. The van der Waals surface area contributed by atoms with Gasteiger partial charge in [0.2, 0.25) is 5.91 Å². The highest BCUT2D eigenvalue weighted by Crippen LogP contribution is 2.28. The van der Waals surface area contributed by atoms with Crippen LogP contribution in [0.2, 0.25) is 0 Å². The largest absolute Gasteiger partial charge is 0.311 e. The summed E-state index contributed by atoms with van der Waals surface area (Å²) < 4.78 is 13.4. The highest BCUT2D eigenvalue weighted by Gasteiger charge is 2.26. The summed E-state index contributed by atoms with van der Waals surface area (Å²) >= 11 is 0. The zero-order valence-electron chi connectivity index (χ0n) is 13.0. The Kier molecular flexibility index (Phi) is 3.62. The average Bonchev–Trinajstić information content (AvgIpc) is 2.98. The Bertz CT molecular complexity index is 759. The highest BCUT2D eigenvalue weighted by molar-refractivity contribution is 5.96. The summed E-state index contributed by atoms with van der Waals surface area (Å²) in [4.78, 5) is 16.7. The molecule has 2 aromatic carbocycles. The zero-order chi connectivity index (χ0) is 15.8. The normalized spacial score (nSPS) is 17.0. The van der Waals surface area contributed by atoms with Crippen molar-refractivity contribution in [3.05, 3.63) is 65.0 Å². The van der Waals surface area contributed by atoms with E-state index in [2.05, 4.69) is 11.0 Å². The average molecular weight is 310 g/mol. The predicted molar refractivity (Wildman–Crippen MR) is 87.9 cm³/mol. The van der Waals surface area contributed by atoms with E-state index < -0.39 is 0 Å². The van der Waals surface area contributed by atoms with Gasteiger partial charge in [-0.25, -0.2) is 4.39 Å². The summed E-state index contributed by atoms with van der Waals surface area (Å²) in [5.74, 6) is -0.0693. The molecule has 0 aliphatic carbocycles. The van der Waals surface area contributed by atoms with Gasteiger partial charge < -0.3 is 4.90 Å². The molecule has 1 amide bonds. The summed E-state index contributed by atoms with van der Waals surface area (Å²) in [5, 5.41) is 0. The van der Waals surface area contributed by atoms with Crippen molar-refractivity contribution in [2.75, 3.05) is 24.5 Å². The number of para-hydroxylation sites is 1. The Hall–Kier alpha value is -2.20. The molecule has 4 heteroatoms. The van der Waals surface area contributed by atoms with Crippen molar-refractivity contribution in [2.24, 2.45) is 0 Å². The van der Waals surface area contributed by atoms with Crippen LogP contribution >= 0.6 is 0 Å². The van der Waals surface area contributed by atoms with Crippen molar-refractivity contribution in [2.45, 2.75) is 19.4 Å². The van der Waals surface area contributed by atoms with Gasteiger partial charge in [0.25, 0.3) is 0 Å². The monoisotopic (exact) mass is 310 g/mol. The first kappa shape index (κ1) is 14.4. The van der Waals surface area contributed by atoms with Gasteiger partial charge in [0.1, 0.15) is 5.82 Å². The number of rotatable bonds is 2. The maximum absolute atomic E-state index is 13.4. The zero-order valence-corrected chi connectivity index (χ0v) is 13.0. The number of nitrogens with zero attached hydrogens (tertiary/aromatic N) is 2. The molecule has 2 aromatic rings. The summed E-state index contributed by atoms with van der Waals surface area (Å²) in [6.07, 6.45) is 1.80. The number of anilines is 1. The minimum atomic E-state index is -0.203. The molecule has 0 saturated heterocycles. The lowest BCUT2D eigenvalue weighted by atomic mass is 10.00. The SMILES string of the molecule is O=C(CN1CCc2ccc(F)cc2C1)N1CCc2ccccc21. The van der Waals surface area contributed by atoms with Crippen LogP contribution in [0.3, 0.4) is 0 Å². The number of benzene rings is 2. The first-order chi connectivity index (χ1) is 11.2. The molecule has 2 heterocycles. The minimum Gasteiger partial charge on any atom is -0.311 e. The summed E-state index contributed by atoms with van der Waals surface area (Å²) in [6.45, 7) is 2.65. The molecule has 0 fully saturated rings. The Labute approximate surface area is 135 Å². The van der Waals surface area contributed by atoms with E-state index >= 15 is 0 Å². The number of carbonyl (C=O) groups excluding carboxylic acids is 1. The molecule has 4 rings (SSSR count). The summed E-state index contributed by atoms with van der Waals surface area (Å²) in [7, 11) is 0. The lowest BCUT2D eigenvalue weighted by molar-refractivity contribution is -0.119. The lowest BCUT2D eigenvalue weighted by Gasteiger charge is -2.29. The molecule has 118 valence electrons. The first-order valence-electron chi connectivity index (χ1n) is 8.08. The quantitative estimate of drug-likeness (QED) is 0.851. The van der Waals surface area contributed by atoms with Crippen LogP contribution in [-0.4, -0.2) is 30.4 Å². The summed E-state index contributed by atoms with van der Waals surface area (Å²) in [6, 6.07) is 13.1. The van der Waals surface area contributed by atoms with Crippen molar-refractivity contribution < 1.29 is 9.18 Å². The molecule has 2 aliphatic heterocycles. The molecule has 0 N–H and O–H groups in total. The number of hydrogen-bond donors (Lipinski definition) is 0. The standard InChI is InChI=1S/C19H19FN2O/c20-17-6-5-14-7-9-21(12-16(14)11-17)13-19(23)22-10-8-15-3-1-2-4-18(15)22/h1-6,11H,7-10,12-13H2. The maximum atomic E-state index is 13.4. The number of halogens is 1. The number of hydrogen-bond acceptors (Lipinski definition) is 2. The Morgan fingerprint density at radius 3 is 2.74 bits per heavy atom. The predicted octanol–water partition coefficient (Wildman–Crippen LogP) is 2.77. The van der Waals surface area contributed by atoms with E-state index in [4.69, 9.17) is 0 Å². The van der Waals surface area contributed by atoms with Crippen molar-refractivity contribution in [3.8, 4) is 0 Å². The second-order valence-corrected chi connectivity index (χ2v) is 6.30. The molecule has 3 nitrogen and oxygen atoms in total. The van der Waals surface area contributed by atoms with Crippen LogP contribution in [-0.2, 0) is 24.2 Å². The van der Waals surface area contributed by atoms with Gasteiger partial charge >= 0.3 is 0 Å². The van der Waals surface area contributed by atoms with E-state index in [-0.39, 0.29) is 11.7 Å². The molecule has 23 heavy (non-hydrogen) atoms. The highest BCUT2D eigenvalue weighted by atomic mass is 19.1.